The molecular weight excluding hydrogens is 158 g/mol. The lowest BCUT2D eigenvalue weighted by atomic mass is 9.94. The number of hydrogen-bond donors (Lipinski definition) is 1. The van der Waals surface area contributed by atoms with Crippen LogP contribution in [0.25, 0.3) is 0 Å². The summed E-state index contributed by atoms with van der Waals surface area (Å²) in [5, 5.41) is 3.85. The van der Waals surface area contributed by atoms with Gasteiger partial charge in [0.25, 0.3) is 0 Å². The Hall–Kier alpha value is -0.0400. The highest BCUT2D eigenvalue weighted by Gasteiger charge is 2.39. The Morgan fingerprint density at radius 1 is 1.15 bits per heavy atom. The molecule has 3 atom stereocenters. The summed E-state index contributed by atoms with van der Waals surface area (Å²) < 4.78 is 0. The average Bonchev–Trinajstić information content (AvgIpc) is 2.75. The van der Waals surface area contributed by atoms with Crippen LogP contribution in [0.3, 0.4) is 0 Å². The van der Waals surface area contributed by atoms with Gasteiger partial charge in [-0.05, 0) is 43.9 Å². The Morgan fingerprint density at radius 2 is 1.92 bits per heavy atom. The zero-order chi connectivity index (χ0) is 9.26. The average molecular weight is 181 g/mol. The van der Waals surface area contributed by atoms with Crippen molar-refractivity contribution in [2.45, 2.75) is 64.5 Å². The summed E-state index contributed by atoms with van der Waals surface area (Å²) >= 11 is 0. The van der Waals surface area contributed by atoms with Gasteiger partial charge >= 0.3 is 0 Å². The summed E-state index contributed by atoms with van der Waals surface area (Å²) in [5.74, 6) is 2.11. The topological polar surface area (TPSA) is 12.0 Å². The highest BCUT2D eigenvalue weighted by atomic mass is 15.0. The van der Waals surface area contributed by atoms with Crippen LogP contribution in [0.2, 0.25) is 0 Å². The van der Waals surface area contributed by atoms with Crippen LogP contribution in [0, 0.1) is 11.8 Å². The lowest BCUT2D eigenvalue weighted by Crippen LogP contribution is -2.40. The SMILES string of the molecule is CCC(CC)NC1CC2CCC1C2. The summed E-state index contributed by atoms with van der Waals surface area (Å²) in [6.45, 7) is 4.60. The van der Waals surface area contributed by atoms with Gasteiger partial charge in [0.1, 0.15) is 0 Å². The Labute approximate surface area is 82.3 Å². The maximum atomic E-state index is 3.85. The Bertz CT molecular complexity index is 163. The molecule has 2 rings (SSSR count). The van der Waals surface area contributed by atoms with Crippen LogP contribution in [-0.4, -0.2) is 12.1 Å². The molecule has 0 aromatic rings. The molecule has 1 nitrogen and oxygen atoms in total. The van der Waals surface area contributed by atoms with E-state index in [1.165, 1.54) is 38.5 Å². The van der Waals surface area contributed by atoms with Crippen LogP contribution in [0.4, 0.5) is 0 Å². The van der Waals surface area contributed by atoms with E-state index in [1.54, 1.807) is 0 Å². The molecule has 0 aliphatic heterocycles. The summed E-state index contributed by atoms with van der Waals surface area (Å²) in [5.41, 5.74) is 0. The number of fused-ring (bicyclic) bond motifs is 2. The van der Waals surface area contributed by atoms with E-state index < -0.39 is 0 Å². The molecular formula is C12H23N. The van der Waals surface area contributed by atoms with Crippen LogP contribution in [0.1, 0.15) is 52.4 Å². The predicted octanol–water partition coefficient (Wildman–Crippen LogP) is 2.95. The molecule has 1 heteroatoms. The molecule has 2 aliphatic carbocycles. The third-order valence-corrected chi connectivity index (χ3v) is 4.17. The van der Waals surface area contributed by atoms with Crippen molar-refractivity contribution in [3.63, 3.8) is 0 Å². The minimum absolute atomic E-state index is 0.782. The van der Waals surface area contributed by atoms with Crippen LogP contribution >= 0.6 is 0 Å². The largest absolute Gasteiger partial charge is 0.311 e. The lowest BCUT2D eigenvalue weighted by Gasteiger charge is -2.27. The van der Waals surface area contributed by atoms with Crippen molar-refractivity contribution >= 4 is 0 Å². The number of hydrogen-bond acceptors (Lipinski definition) is 1. The maximum absolute atomic E-state index is 3.85. The third-order valence-electron chi connectivity index (χ3n) is 4.17. The molecule has 0 spiro atoms. The first-order valence-corrected chi connectivity index (χ1v) is 6.09. The van der Waals surface area contributed by atoms with Crippen molar-refractivity contribution in [1.82, 2.24) is 5.32 Å². The second kappa shape index (κ2) is 4.00. The van der Waals surface area contributed by atoms with Crippen molar-refractivity contribution in [3.8, 4) is 0 Å². The first-order chi connectivity index (χ1) is 6.33. The number of rotatable bonds is 4. The molecule has 13 heavy (non-hydrogen) atoms. The van der Waals surface area contributed by atoms with Gasteiger partial charge in [-0.2, -0.15) is 0 Å². The molecule has 2 aliphatic rings. The van der Waals surface area contributed by atoms with Crippen molar-refractivity contribution < 1.29 is 0 Å². The molecule has 0 aromatic carbocycles. The lowest BCUT2D eigenvalue weighted by molar-refractivity contribution is 0.309. The molecule has 3 unspecified atom stereocenters. The highest BCUT2D eigenvalue weighted by Crippen LogP contribution is 2.44. The molecule has 76 valence electrons. The zero-order valence-corrected chi connectivity index (χ0v) is 9.05. The van der Waals surface area contributed by atoms with Gasteiger partial charge in [0.15, 0.2) is 0 Å². The molecule has 2 saturated carbocycles. The molecule has 0 heterocycles. The van der Waals surface area contributed by atoms with E-state index in [2.05, 4.69) is 19.2 Å². The molecule has 0 saturated heterocycles. The van der Waals surface area contributed by atoms with E-state index in [9.17, 15) is 0 Å². The van der Waals surface area contributed by atoms with E-state index in [-0.39, 0.29) is 0 Å². The second-order valence-corrected chi connectivity index (χ2v) is 4.96. The summed E-state index contributed by atoms with van der Waals surface area (Å²) in [6, 6.07) is 1.66. The fourth-order valence-corrected chi connectivity index (χ4v) is 3.28. The molecule has 0 radical (unpaired) electrons. The van der Waals surface area contributed by atoms with Gasteiger partial charge < -0.3 is 5.32 Å². The Morgan fingerprint density at radius 3 is 2.38 bits per heavy atom. The fraction of sp³-hybridized carbons (Fsp3) is 1.00. The van der Waals surface area contributed by atoms with Crippen LogP contribution in [-0.2, 0) is 0 Å². The highest BCUT2D eigenvalue weighted by molar-refractivity contribution is 4.95. The smallest absolute Gasteiger partial charge is 0.0101 e. The first-order valence-electron chi connectivity index (χ1n) is 6.09. The molecule has 0 amide bonds. The number of nitrogens with one attached hydrogen (secondary N) is 1. The van der Waals surface area contributed by atoms with Gasteiger partial charge in [-0.25, -0.2) is 0 Å². The summed E-state index contributed by atoms with van der Waals surface area (Å²) in [7, 11) is 0. The van der Waals surface area contributed by atoms with Crippen molar-refractivity contribution in [2.24, 2.45) is 11.8 Å². The molecule has 2 bridgehead atoms. The monoisotopic (exact) mass is 181 g/mol. The predicted molar refractivity (Wildman–Crippen MR) is 56.7 cm³/mol. The molecule has 1 N–H and O–H groups in total. The van der Waals surface area contributed by atoms with Crippen LogP contribution < -0.4 is 5.32 Å². The summed E-state index contributed by atoms with van der Waals surface area (Å²) in [6.07, 6.45) is 8.61. The third kappa shape index (κ3) is 1.90. The van der Waals surface area contributed by atoms with Gasteiger partial charge in [-0.15, -0.1) is 0 Å². The van der Waals surface area contributed by atoms with Gasteiger partial charge in [-0.3, -0.25) is 0 Å². The van der Waals surface area contributed by atoms with Crippen molar-refractivity contribution in [3.05, 3.63) is 0 Å². The minimum Gasteiger partial charge on any atom is -0.311 e. The van der Waals surface area contributed by atoms with E-state index in [0.29, 0.717) is 0 Å². The minimum atomic E-state index is 0.782. The fourth-order valence-electron chi connectivity index (χ4n) is 3.28. The van der Waals surface area contributed by atoms with Crippen LogP contribution in [0.15, 0.2) is 0 Å². The first kappa shape index (κ1) is 9.51. The Kier molecular flexibility index (Phi) is 2.92. The van der Waals surface area contributed by atoms with E-state index in [4.69, 9.17) is 0 Å². The van der Waals surface area contributed by atoms with Crippen LogP contribution in [0.5, 0.6) is 0 Å². The van der Waals surface area contributed by atoms with Crippen molar-refractivity contribution in [1.29, 1.82) is 0 Å². The zero-order valence-electron chi connectivity index (χ0n) is 9.05. The van der Waals surface area contributed by atoms with Gasteiger partial charge in [-0.1, -0.05) is 20.3 Å². The van der Waals surface area contributed by atoms with E-state index in [1.807, 2.05) is 0 Å². The molecule has 0 aromatic heterocycles. The van der Waals surface area contributed by atoms with Gasteiger partial charge in [0.2, 0.25) is 0 Å². The van der Waals surface area contributed by atoms with E-state index in [0.717, 1.165) is 23.9 Å². The Balaban J connectivity index is 1.82. The normalized spacial score (nSPS) is 37.6. The molecule has 2 fully saturated rings. The second-order valence-electron chi connectivity index (χ2n) is 4.96. The van der Waals surface area contributed by atoms with Gasteiger partial charge in [0.05, 0.1) is 0 Å². The van der Waals surface area contributed by atoms with Gasteiger partial charge in [0, 0.05) is 12.1 Å². The quantitative estimate of drug-likeness (QED) is 0.703. The summed E-state index contributed by atoms with van der Waals surface area (Å²) in [4.78, 5) is 0. The maximum Gasteiger partial charge on any atom is 0.0101 e. The van der Waals surface area contributed by atoms with E-state index >= 15 is 0 Å². The standard InChI is InChI=1S/C12H23N/c1-3-11(4-2)13-12-8-9-5-6-10(12)7-9/h9-13H,3-8H2,1-2H3. The van der Waals surface area contributed by atoms with Crippen molar-refractivity contribution in [2.75, 3.05) is 0 Å².